The van der Waals surface area contributed by atoms with Crippen molar-refractivity contribution in [2.24, 2.45) is 4.99 Å². The standard InChI is InChI=1S/C17H26N6O2/c1-5-16-22-20-12-23(16)10-9-19-17(18-6-2)21-13-7-8-14(24-3)15(11-13)25-4/h7-8,11-12H,5-6,9-10H2,1-4H3,(H2,18,19,21). The predicted molar refractivity (Wildman–Crippen MR) is 98.5 cm³/mol. The van der Waals surface area contributed by atoms with E-state index in [1.807, 2.05) is 29.7 Å². The van der Waals surface area contributed by atoms with Crippen LogP contribution in [0.3, 0.4) is 0 Å². The molecule has 0 bridgehead atoms. The van der Waals surface area contributed by atoms with Crippen LogP contribution < -0.4 is 20.1 Å². The van der Waals surface area contributed by atoms with Gasteiger partial charge in [-0.25, -0.2) is 0 Å². The molecule has 2 rings (SSSR count). The molecule has 0 aliphatic carbocycles. The van der Waals surface area contributed by atoms with Crippen molar-refractivity contribution < 1.29 is 9.47 Å². The van der Waals surface area contributed by atoms with Crippen LogP contribution in [0.1, 0.15) is 19.7 Å². The van der Waals surface area contributed by atoms with E-state index in [0.29, 0.717) is 24.0 Å². The first-order chi connectivity index (χ1) is 12.2. The molecule has 0 aliphatic heterocycles. The lowest BCUT2D eigenvalue weighted by Gasteiger charge is -2.14. The molecule has 0 atom stereocenters. The highest BCUT2D eigenvalue weighted by atomic mass is 16.5. The van der Waals surface area contributed by atoms with E-state index in [0.717, 1.165) is 31.0 Å². The number of ether oxygens (including phenoxy) is 2. The van der Waals surface area contributed by atoms with Crippen LogP contribution in [-0.4, -0.2) is 48.0 Å². The van der Waals surface area contributed by atoms with Crippen molar-refractivity contribution in [3.63, 3.8) is 0 Å². The van der Waals surface area contributed by atoms with E-state index in [1.54, 1.807) is 20.5 Å². The second-order valence-corrected chi connectivity index (χ2v) is 5.25. The number of aliphatic imine (C=N–C) groups is 1. The van der Waals surface area contributed by atoms with E-state index in [2.05, 4.69) is 32.7 Å². The summed E-state index contributed by atoms with van der Waals surface area (Å²) in [5, 5.41) is 14.5. The summed E-state index contributed by atoms with van der Waals surface area (Å²) in [6, 6.07) is 5.65. The van der Waals surface area contributed by atoms with E-state index in [1.165, 1.54) is 0 Å². The number of benzene rings is 1. The summed E-state index contributed by atoms with van der Waals surface area (Å²) in [5.74, 6) is 3.03. The van der Waals surface area contributed by atoms with Gasteiger partial charge in [-0.3, -0.25) is 4.99 Å². The van der Waals surface area contributed by atoms with Gasteiger partial charge in [0.1, 0.15) is 12.2 Å². The van der Waals surface area contributed by atoms with Gasteiger partial charge in [-0.1, -0.05) is 6.92 Å². The molecule has 0 saturated heterocycles. The first-order valence-corrected chi connectivity index (χ1v) is 8.35. The summed E-state index contributed by atoms with van der Waals surface area (Å²) in [7, 11) is 3.23. The molecular formula is C17H26N6O2. The van der Waals surface area contributed by atoms with E-state index in [4.69, 9.17) is 9.47 Å². The Morgan fingerprint density at radius 2 is 2.00 bits per heavy atom. The van der Waals surface area contributed by atoms with Gasteiger partial charge in [0.2, 0.25) is 0 Å². The lowest BCUT2D eigenvalue weighted by molar-refractivity contribution is 0.355. The topological polar surface area (TPSA) is 85.6 Å². The molecule has 2 N–H and O–H groups in total. The minimum Gasteiger partial charge on any atom is -0.493 e. The van der Waals surface area contributed by atoms with Crippen molar-refractivity contribution >= 4 is 11.6 Å². The third kappa shape index (κ3) is 5.10. The van der Waals surface area contributed by atoms with Crippen LogP contribution in [0.4, 0.5) is 5.69 Å². The molecule has 0 aliphatic rings. The number of anilines is 1. The summed E-state index contributed by atoms with van der Waals surface area (Å²) in [4.78, 5) is 4.60. The SMILES string of the molecule is CCNC(=NCCn1cnnc1CC)Nc1ccc(OC)c(OC)c1. The van der Waals surface area contributed by atoms with Gasteiger partial charge in [0, 0.05) is 31.3 Å². The monoisotopic (exact) mass is 346 g/mol. The van der Waals surface area contributed by atoms with Crippen molar-refractivity contribution in [1.29, 1.82) is 0 Å². The van der Waals surface area contributed by atoms with Gasteiger partial charge in [-0.05, 0) is 19.1 Å². The average molecular weight is 346 g/mol. The fourth-order valence-corrected chi connectivity index (χ4v) is 2.37. The Labute approximate surface area is 148 Å². The fraction of sp³-hybridized carbons (Fsp3) is 0.471. The molecule has 0 spiro atoms. The van der Waals surface area contributed by atoms with Crippen molar-refractivity contribution in [3.05, 3.63) is 30.4 Å². The van der Waals surface area contributed by atoms with Crippen LogP contribution in [0.15, 0.2) is 29.5 Å². The predicted octanol–water partition coefficient (Wildman–Crippen LogP) is 1.94. The smallest absolute Gasteiger partial charge is 0.195 e. The van der Waals surface area contributed by atoms with E-state index >= 15 is 0 Å². The Kier molecular flexibility index (Phi) is 7.06. The number of hydrogen-bond donors (Lipinski definition) is 2. The maximum absolute atomic E-state index is 5.33. The molecule has 25 heavy (non-hydrogen) atoms. The average Bonchev–Trinajstić information content (AvgIpc) is 3.09. The van der Waals surface area contributed by atoms with Crippen LogP contribution in [0.25, 0.3) is 0 Å². The van der Waals surface area contributed by atoms with Gasteiger partial charge >= 0.3 is 0 Å². The number of guanidine groups is 1. The van der Waals surface area contributed by atoms with E-state index < -0.39 is 0 Å². The molecule has 2 aromatic rings. The Balaban J connectivity index is 2.04. The first kappa shape index (κ1) is 18.6. The minimum absolute atomic E-state index is 0.619. The van der Waals surface area contributed by atoms with Gasteiger partial charge in [-0.2, -0.15) is 0 Å². The molecule has 0 unspecified atom stereocenters. The molecule has 0 saturated carbocycles. The van der Waals surface area contributed by atoms with Crippen LogP contribution >= 0.6 is 0 Å². The Morgan fingerprint density at radius 3 is 2.68 bits per heavy atom. The van der Waals surface area contributed by atoms with Crippen molar-refractivity contribution in [1.82, 2.24) is 20.1 Å². The highest BCUT2D eigenvalue weighted by molar-refractivity contribution is 5.93. The molecule has 136 valence electrons. The molecule has 0 fully saturated rings. The van der Waals surface area contributed by atoms with Crippen LogP contribution in [0.5, 0.6) is 11.5 Å². The molecule has 0 amide bonds. The molecule has 8 heteroatoms. The molecule has 1 aromatic heterocycles. The van der Waals surface area contributed by atoms with Crippen molar-refractivity contribution in [2.45, 2.75) is 26.8 Å². The highest BCUT2D eigenvalue weighted by Crippen LogP contribution is 2.29. The zero-order valence-corrected chi connectivity index (χ0v) is 15.2. The summed E-state index contributed by atoms with van der Waals surface area (Å²) in [6.07, 6.45) is 2.59. The van der Waals surface area contributed by atoms with Crippen LogP contribution in [-0.2, 0) is 13.0 Å². The summed E-state index contributed by atoms with van der Waals surface area (Å²) < 4.78 is 12.6. The Morgan fingerprint density at radius 1 is 1.20 bits per heavy atom. The van der Waals surface area contributed by atoms with E-state index in [9.17, 15) is 0 Å². The Hall–Kier alpha value is -2.77. The quantitative estimate of drug-likeness (QED) is 0.561. The maximum atomic E-state index is 5.33. The highest BCUT2D eigenvalue weighted by Gasteiger charge is 2.06. The summed E-state index contributed by atoms with van der Waals surface area (Å²) in [5.41, 5.74) is 0.871. The molecule has 1 heterocycles. The number of nitrogens with zero attached hydrogens (tertiary/aromatic N) is 4. The zero-order valence-electron chi connectivity index (χ0n) is 15.2. The molecule has 1 aromatic carbocycles. The fourth-order valence-electron chi connectivity index (χ4n) is 2.37. The number of methoxy groups -OCH3 is 2. The molecule has 8 nitrogen and oxygen atoms in total. The van der Waals surface area contributed by atoms with Gasteiger partial charge in [0.05, 0.1) is 20.8 Å². The lowest BCUT2D eigenvalue weighted by atomic mass is 10.3. The minimum atomic E-state index is 0.619. The van der Waals surface area contributed by atoms with Gasteiger partial charge < -0.3 is 24.7 Å². The third-order valence-corrected chi connectivity index (χ3v) is 3.61. The normalized spacial score (nSPS) is 11.3. The van der Waals surface area contributed by atoms with Crippen LogP contribution in [0, 0.1) is 0 Å². The van der Waals surface area contributed by atoms with Gasteiger partial charge in [0.15, 0.2) is 17.5 Å². The zero-order chi connectivity index (χ0) is 18.1. The number of hydrogen-bond acceptors (Lipinski definition) is 5. The second-order valence-electron chi connectivity index (χ2n) is 5.25. The van der Waals surface area contributed by atoms with Gasteiger partial charge in [-0.15, -0.1) is 10.2 Å². The molecule has 0 radical (unpaired) electrons. The number of aryl methyl sites for hydroxylation is 1. The molecular weight excluding hydrogens is 320 g/mol. The van der Waals surface area contributed by atoms with E-state index in [-0.39, 0.29) is 0 Å². The third-order valence-electron chi connectivity index (χ3n) is 3.61. The maximum Gasteiger partial charge on any atom is 0.195 e. The lowest BCUT2D eigenvalue weighted by Crippen LogP contribution is -2.31. The van der Waals surface area contributed by atoms with Gasteiger partial charge in [0.25, 0.3) is 0 Å². The van der Waals surface area contributed by atoms with Crippen molar-refractivity contribution in [2.75, 3.05) is 32.6 Å². The first-order valence-electron chi connectivity index (χ1n) is 8.35. The van der Waals surface area contributed by atoms with Crippen LogP contribution in [0.2, 0.25) is 0 Å². The Bertz CT molecular complexity index is 698. The summed E-state index contributed by atoms with van der Waals surface area (Å²) >= 11 is 0. The number of nitrogens with one attached hydrogen (secondary N) is 2. The number of rotatable bonds is 8. The number of aromatic nitrogens is 3. The largest absolute Gasteiger partial charge is 0.493 e. The summed E-state index contributed by atoms with van der Waals surface area (Å²) in [6.45, 7) is 6.21. The second kappa shape index (κ2) is 9.51. The van der Waals surface area contributed by atoms with Crippen molar-refractivity contribution in [3.8, 4) is 11.5 Å².